The number of carbonyl (C=O) groups is 2. The number of rotatable bonds is 2. The molecule has 0 bridgehead atoms. The second-order valence-electron chi connectivity index (χ2n) is 2.37. The summed E-state index contributed by atoms with van der Waals surface area (Å²) in [5, 5.41) is 2.34. The van der Waals surface area contributed by atoms with Crippen LogP contribution in [0.4, 0.5) is 5.82 Å². The average molecular weight is 194 g/mol. The molecule has 0 spiro atoms. The molecule has 14 heavy (non-hydrogen) atoms. The van der Waals surface area contributed by atoms with Gasteiger partial charge in [0.1, 0.15) is 6.20 Å². The largest absolute Gasteiger partial charge is 0.464 e. The molecule has 1 heterocycles. The van der Waals surface area contributed by atoms with E-state index in [0.29, 0.717) is 0 Å². The molecule has 1 rings (SSSR count). The van der Waals surface area contributed by atoms with Crippen molar-refractivity contribution in [1.29, 1.82) is 0 Å². The third kappa shape index (κ3) is 2.25. The summed E-state index contributed by atoms with van der Waals surface area (Å²) in [5.74, 6) is -0.953. The second-order valence-corrected chi connectivity index (χ2v) is 2.37. The highest BCUT2D eigenvalue weighted by Gasteiger charge is 2.14. The molecule has 0 fully saturated rings. The minimum Gasteiger partial charge on any atom is -0.464 e. The van der Waals surface area contributed by atoms with Crippen LogP contribution < -0.4 is 5.32 Å². The molecule has 0 unspecified atom stereocenters. The first kappa shape index (κ1) is 10.1. The summed E-state index contributed by atoms with van der Waals surface area (Å²) >= 11 is 0. The quantitative estimate of drug-likeness (QED) is 0.671. The first-order chi connectivity index (χ1) is 6.65. The summed E-state index contributed by atoms with van der Waals surface area (Å²) in [6, 6.07) is 0. The summed E-state index contributed by atoms with van der Waals surface area (Å²) < 4.78 is 4.45. The first-order valence-corrected chi connectivity index (χ1v) is 3.74. The molecule has 0 atom stereocenters. The van der Waals surface area contributed by atoms with Crippen LogP contribution in [-0.4, -0.2) is 29.0 Å². The molecule has 6 heteroatoms. The summed E-state index contributed by atoms with van der Waals surface area (Å²) in [7, 11) is 1.22. The summed E-state index contributed by atoms with van der Waals surface area (Å²) in [6.45, 7) is 1.30. The zero-order chi connectivity index (χ0) is 10.6. The highest BCUT2D eigenvalue weighted by Crippen LogP contribution is 2.08. The van der Waals surface area contributed by atoms with Crippen molar-refractivity contribution >= 4 is 17.7 Å². The average Bonchev–Trinajstić information content (AvgIpc) is 2.16. The number of hydrogen-bond donors (Lipinski definition) is 1. The van der Waals surface area contributed by atoms with Crippen LogP contribution in [0.5, 0.6) is 0 Å². The third-order valence-corrected chi connectivity index (χ3v) is 1.33. The van der Waals surface area contributed by atoms with Crippen molar-refractivity contribution in [2.75, 3.05) is 12.4 Å². The van der Waals surface area contributed by atoms with Gasteiger partial charge in [-0.15, -0.1) is 0 Å². The van der Waals surface area contributed by atoms with Crippen LogP contribution in [0.1, 0.15) is 17.4 Å². The minimum absolute atomic E-state index is 0.0403. The SMILES string of the molecule is COC(=O)c1nc[c]nc1NC(C)=O. The zero-order valence-electron chi connectivity index (χ0n) is 7.70. The monoisotopic (exact) mass is 194 g/mol. The van der Waals surface area contributed by atoms with Crippen LogP contribution in [0.25, 0.3) is 0 Å². The van der Waals surface area contributed by atoms with Crippen molar-refractivity contribution in [3.05, 3.63) is 18.1 Å². The van der Waals surface area contributed by atoms with E-state index in [0.717, 1.165) is 0 Å². The van der Waals surface area contributed by atoms with Crippen molar-refractivity contribution in [3.63, 3.8) is 0 Å². The number of amides is 1. The standard InChI is InChI=1S/C8H8N3O3/c1-5(12)11-7-6(8(13)14-2)9-3-4-10-7/h3H,1-2H3,(H,10,11,12). The Labute approximate surface area is 80.3 Å². The maximum absolute atomic E-state index is 11.1. The van der Waals surface area contributed by atoms with Crippen LogP contribution in [0, 0.1) is 6.20 Å². The zero-order valence-corrected chi connectivity index (χ0v) is 7.70. The normalized spacial score (nSPS) is 9.29. The molecule has 0 saturated carbocycles. The molecule has 73 valence electrons. The third-order valence-electron chi connectivity index (χ3n) is 1.33. The van der Waals surface area contributed by atoms with Crippen LogP contribution in [-0.2, 0) is 9.53 Å². The molecule has 0 aliphatic heterocycles. The summed E-state index contributed by atoms with van der Waals surface area (Å²) in [5.41, 5.74) is -0.0403. The molecule has 1 amide bonds. The van der Waals surface area contributed by atoms with Gasteiger partial charge in [0.25, 0.3) is 0 Å². The van der Waals surface area contributed by atoms with Gasteiger partial charge in [0.05, 0.1) is 13.3 Å². The van der Waals surface area contributed by atoms with E-state index in [-0.39, 0.29) is 17.4 Å². The van der Waals surface area contributed by atoms with Gasteiger partial charge in [0.15, 0.2) is 11.5 Å². The predicted octanol–water partition coefficient (Wildman–Crippen LogP) is 0.0218. The topological polar surface area (TPSA) is 81.2 Å². The van der Waals surface area contributed by atoms with Crippen LogP contribution in [0.15, 0.2) is 6.20 Å². The number of hydrogen-bond acceptors (Lipinski definition) is 5. The number of anilines is 1. The molecule has 6 nitrogen and oxygen atoms in total. The molecule has 1 aromatic heterocycles. The molecule has 0 aliphatic rings. The van der Waals surface area contributed by atoms with Crippen molar-refractivity contribution in [2.24, 2.45) is 0 Å². The Hall–Kier alpha value is -1.98. The minimum atomic E-state index is -0.657. The molecule has 1 aromatic rings. The van der Waals surface area contributed by atoms with E-state index in [2.05, 4.69) is 26.2 Å². The van der Waals surface area contributed by atoms with Gasteiger partial charge in [0, 0.05) is 6.92 Å². The first-order valence-electron chi connectivity index (χ1n) is 3.74. The Morgan fingerprint density at radius 2 is 2.29 bits per heavy atom. The highest BCUT2D eigenvalue weighted by molar-refractivity contribution is 5.97. The maximum atomic E-state index is 11.1. The molecule has 0 aliphatic carbocycles. The lowest BCUT2D eigenvalue weighted by Crippen LogP contribution is -2.14. The Morgan fingerprint density at radius 3 is 2.86 bits per heavy atom. The fourth-order valence-electron chi connectivity index (χ4n) is 0.801. The number of ether oxygens (including phenoxy) is 1. The predicted molar refractivity (Wildman–Crippen MR) is 46.5 cm³/mol. The van der Waals surface area contributed by atoms with Gasteiger partial charge in [-0.05, 0) is 0 Å². The van der Waals surface area contributed by atoms with E-state index in [1.165, 1.54) is 20.2 Å². The lowest BCUT2D eigenvalue weighted by molar-refractivity contribution is -0.114. The molecule has 0 aromatic carbocycles. The van der Waals surface area contributed by atoms with Gasteiger partial charge >= 0.3 is 5.97 Å². The fourth-order valence-corrected chi connectivity index (χ4v) is 0.801. The van der Waals surface area contributed by atoms with Gasteiger partial charge in [-0.3, -0.25) is 4.79 Å². The Morgan fingerprint density at radius 1 is 1.57 bits per heavy atom. The van der Waals surface area contributed by atoms with Gasteiger partial charge in [-0.2, -0.15) is 0 Å². The van der Waals surface area contributed by atoms with Gasteiger partial charge in [0.2, 0.25) is 5.91 Å². The fraction of sp³-hybridized carbons (Fsp3) is 0.250. The number of carbonyl (C=O) groups excluding carboxylic acids is 2. The van der Waals surface area contributed by atoms with Crippen molar-refractivity contribution in [1.82, 2.24) is 9.97 Å². The van der Waals surface area contributed by atoms with Gasteiger partial charge < -0.3 is 10.1 Å². The maximum Gasteiger partial charge on any atom is 0.360 e. The number of methoxy groups -OCH3 is 1. The van der Waals surface area contributed by atoms with E-state index in [1.54, 1.807) is 0 Å². The van der Waals surface area contributed by atoms with Crippen LogP contribution >= 0.6 is 0 Å². The number of aromatic nitrogens is 2. The molecule has 1 radical (unpaired) electrons. The van der Waals surface area contributed by atoms with Gasteiger partial charge in [-0.25, -0.2) is 14.8 Å². The van der Waals surface area contributed by atoms with E-state index in [1.807, 2.05) is 0 Å². The van der Waals surface area contributed by atoms with Crippen molar-refractivity contribution in [2.45, 2.75) is 6.92 Å². The number of nitrogens with one attached hydrogen (secondary N) is 1. The van der Waals surface area contributed by atoms with Crippen LogP contribution in [0.2, 0.25) is 0 Å². The van der Waals surface area contributed by atoms with Crippen LogP contribution in [0.3, 0.4) is 0 Å². The van der Waals surface area contributed by atoms with E-state index in [4.69, 9.17) is 0 Å². The summed E-state index contributed by atoms with van der Waals surface area (Å²) in [4.78, 5) is 29.2. The Kier molecular flexibility index (Phi) is 3.11. The lowest BCUT2D eigenvalue weighted by Gasteiger charge is -2.04. The van der Waals surface area contributed by atoms with E-state index < -0.39 is 5.97 Å². The number of nitrogens with zero attached hydrogens (tertiary/aromatic N) is 2. The summed E-state index contributed by atoms with van der Waals surface area (Å²) in [6.07, 6.45) is 3.62. The number of esters is 1. The highest BCUT2D eigenvalue weighted by atomic mass is 16.5. The Balaban J connectivity index is 3.02. The molecule has 0 saturated heterocycles. The lowest BCUT2D eigenvalue weighted by atomic mass is 10.4. The van der Waals surface area contributed by atoms with Gasteiger partial charge in [-0.1, -0.05) is 0 Å². The molecular weight excluding hydrogens is 186 g/mol. The Bertz CT molecular complexity index is 365. The second kappa shape index (κ2) is 4.31. The van der Waals surface area contributed by atoms with E-state index in [9.17, 15) is 9.59 Å². The van der Waals surface area contributed by atoms with E-state index >= 15 is 0 Å². The molecule has 1 N–H and O–H groups in total. The smallest absolute Gasteiger partial charge is 0.360 e. The van der Waals surface area contributed by atoms with Crippen molar-refractivity contribution < 1.29 is 14.3 Å². The molecular formula is C8H8N3O3. The van der Waals surface area contributed by atoms with Crippen molar-refractivity contribution in [3.8, 4) is 0 Å².